The minimum Gasteiger partial charge on any atom is -0.492 e. The summed E-state index contributed by atoms with van der Waals surface area (Å²) >= 11 is 10.6. The van der Waals surface area contributed by atoms with Gasteiger partial charge in [-0.05, 0) is 18.6 Å². The highest BCUT2D eigenvalue weighted by molar-refractivity contribution is 9.26. The smallest absolute Gasteiger partial charge is 0.269 e. The first kappa shape index (κ1) is 13.3. The van der Waals surface area contributed by atoms with Gasteiger partial charge in [-0.1, -0.05) is 47.8 Å². The van der Waals surface area contributed by atoms with Gasteiger partial charge in [-0.2, -0.15) is 0 Å². The van der Waals surface area contributed by atoms with Crippen LogP contribution >= 0.6 is 47.8 Å². The van der Waals surface area contributed by atoms with Crippen LogP contribution in [-0.2, 0) is 0 Å². The fraction of sp³-hybridized carbons (Fsp3) is 0.400. The number of hydrogen-bond donors (Lipinski definition) is 0. The van der Waals surface area contributed by atoms with Crippen molar-refractivity contribution >= 4 is 53.5 Å². The molecule has 0 spiro atoms. The van der Waals surface area contributed by atoms with E-state index in [1.165, 1.54) is 12.1 Å². The van der Waals surface area contributed by atoms with Gasteiger partial charge in [0, 0.05) is 12.1 Å². The zero-order valence-corrected chi connectivity index (χ0v) is 13.3. The number of alkyl halides is 3. The van der Waals surface area contributed by atoms with Gasteiger partial charge < -0.3 is 4.74 Å². The SMILES string of the molecule is O=[N+]([O-])c1ccc(OCC2(Br)CC2(Br)Br)cc1. The third-order valence-corrected chi connectivity index (χ3v) is 6.88. The molecule has 1 aromatic rings. The molecule has 1 saturated carbocycles. The van der Waals surface area contributed by atoms with Crippen LogP contribution in [0, 0.1) is 10.1 Å². The highest BCUT2D eigenvalue weighted by atomic mass is 79.9. The van der Waals surface area contributed by atoms with E-state index in [-0.39, 0.29) is 13.2 Å². The van der Waals surface area contributed by atoms with Crippen LogP contribution in [0.25, 0.3) is 0 Å². The Morgan fingerprint density at radius 1 is 1.29 bits per heavy atom. The highest BCUT2D eigenvalue weighted by Gasteiger charge is 2.64. The molecular weight excluding hydrogens is 422 g/mol. The van der Waals surface area contributed by atoms with Gasteiger partial charge in [0.1, 0.15) is 15.6 Å². The summed E-state index contributed by atoms with van der Waals surface area (Å²) in [5.41, 5.74) is 0.0626. The van der Waals surface area contributed by atoms with Crippen molar-refractivity contribution in [3.8, 4) is 5.75 Å². The lowest BCUT2D eigenvalue weighted by Gasteiger charge is -2.12. The molecule has 0 amide bonds. The first-order valence-corrected chi connectivity index (χ1v) is 7.16. The van der Waals surface area contributed by atoms with E-state index in [0.717, 1.165) is 6.42 Å². The van der Waals surface area contributed by atoms with E-state index in [0.29, 0.717) is 12.4 Å². The third-order valence-electron chi connectivity index (χ3n) is 2.55. The number of ether oxygens (including phenoxy) is 1. The summed E-state index contributed by atoms with van der Waals surface area (Å²) < 4.78 is 5.33. The molecule has 1 aliphatic carbocycles. The summed E-state index contributed by atoms with van der Waals surface area (Å²) in [5.74, 6) is 0.622. The average molecular weight is 430 g/mol. The number of nitro groups is 1. The summed E-state index contributed by atoms with van der Waals surface area (Å²) in [5, 5.41) is 10.5. The minimum absolute atomic E-state index is 0.0626. The number of rotatable bonds is 4. The standard InChI is InChI=1S/C10H8Br3NO3/c11-9(5-10(9,12)13)6-17-8-3-1-7(2-4-8)14(15)16/h1-4H,5-6H2. The van der Waals surface area contributed by atoms with Gasteiger partial charge in [0.15, 0.2) is 0 Å². The molecule has 1 fully saturated rings. The lowest BCUT2D eigenvalue weighted by atomic mass is 10.3. The normalized spacial score (nSPS) is 25.4. The predicted octanol–water partition coefficient (Wildman–Crippen LogP) is 4.00. The van der Waals surface area contributed by atoms with Gasteiger partial charge in [0.2, 0.25) is 0 Å². The second-order valence-electron chi connectivity index (χ2n) is 3.89. The largest absolute Gasteiger partial charge is 0.492 e. The molecule has 7 heteroatoms. The second-order valence-corrected chi connectivity index (χ2v) is 9.18. The van der Waals surface area contributed by atoms with Gasteiger partial charge in [-0.15, -0.1) is 0 Å². The molecule has 1 aromatic carbocycles. The van der Waals surface area contributed by atoms with Crippen LogP contribution < -0.4 is 4.74 Å². The van der Waals surface area contributed by atoms with Crippen molar-refractivity contribution < 1.29 is 9.66 Å². The maximum Gasteiger partial charge on any atom is 0.269 e. The summed E-state index contributed by atoms with van der Waals surface area (Å²) in [4.78, 5) is 10.0. The van der Waals surface area contributed by atoms with Crippen LogP contribution in [0.15, 0.2) is 24.3 Å². The Labute approximate surface area is 123 Å². The van der Waals surface area contributed by atoms with Crippen LogP contribution in [0.2, 0.25) is 0 Å². The van der Waals surface area contributed by atoms with E-state index < -0.39 is 4.92 Å². The molecule has 0 heterocycles. The van der Waals surface area contributed by atoms with E-state index in [4.69, 9.17) is 4.74 Å². The minimum atomic E-state index is -0.432. The maximum atomic E-state index is 10.5. The van der Waals surface area contributed by atoms with Crippen LogP contribution in [0.5, 0.6) is 5.75 Å². The monoisotopic (exact) mass is 427 g/mol. The molecule has 0 radical (unpaired) electrons. The van der Waals surface area contributed by atoms with Crippen molar-refractivity contribution in [3.05, 3.63) is 34.4 Å². The maximum absolute atomic E-state index is 10.5. The molecule has 2 rings (SSSR count). The van der Waals surface area contributed by atoms with Gasteiger partial charge in [-0.3, -0.25) is 10.1 Å². The lowest BCUT2D eigenvalue weighted by Crippen LogP contribution is -2.18. The molecule has 0 saturated heterocycles. The summed E-state index contributed by atoms with van der Waals surface area (Å²) in [6, 6.07) is 6.05. The van der Waals surface area contributed by atoms with Crippen molar-refractivity contribution in [1.82, 2.24) is 0 Å². The zero-order chi connectivity index (χ0) is 12.7. The number of halogens is 3. The van der Waals surface area contributed by atoms with E-state index >= 15 is 0 Å². The van der Waals surface area contributed by atoms with Crippen LogP contribution in [-0.4, -0.2) is 19.1 Å². The molecule has 4 nitrogen and oxygen atoms in total. The Kier molecular flexibility index (Phi) is 3.53. The molecule has 17 heavy (non-hydrogen) atoms. The third kappa shape index (κ3) is 2.82. The highest BCUT2D eigenvalue weighted by Crippen LogP contribution is 2.64. The predicted molar refractivity (Wildman–Crippen MR) is 75.5 cm³/mol. The fourth-order valence-corrected chi connectivity index (χ4v) is 3.80. The number of non-ortho nitro benzene ring substituents is 1. The number of hydrogen-bond acceptors (Lipinski definition) is 3. The second kappa shape index (κ2) is 4.51. The molecule has 0 aliphatic heterocycles. The number of nitrogens with zero attached hydrogens (tertiary/aromatic N) is 1. The Morgan fingerprint density at radius 2 is 1.82 bits per heavy atom. The Bertz CT molecular complexity index is 449. The Morgan fingerprint density at radius 3 is 2.24 bits per heavy atom. The first-order chi connectivity index (χ1) is 7.84. The average Bonchev–Trinajstić information content (AvgIpc) is 2.76. The molecule has 1 aliphatic rings. The van der Waals surface area contributed by atoms with Crippen molar-refractivity contribution in [1.29, 1.82) is 0 Å². The Hall–Kier alpha value is -0.140. The molecule has 1 unspecified atom stereocenters. The Balaban J connectivity index is 1.94. The van der Waals surface area contributed by atoms with Crippen LogP contribution in [0.1, 0.15) is 6.42 Å². The van der Waals surface area contributed by atoms with Gasteiger partial charge in [-0.25, -0.2) is 0 Å². The summed E-state index contributed by atoms with van der Waals surface area (Å²) in [6.07, 6.45) is 0.910. The van der Waals surface area contributed by atoms with Crippen LogP contribution in [0.4, 0.5) is 5.69 Å². The van der Waals surface area contributed by atoms with Crippen molar-refractivity contribution in [2.75, 3.05) is 6.61 Å². The van der Waals surface area contributed by atoms with Crippen LogP contribution in [0.3, 0.4) is 0 Å². The number of benzene rings is 1. The fourth-order valence-electron chi connectivity index (χ4n) is 1.33. The topological polar surface area (TPSA) is 52.4 Å². The molecule has 92 valence electrons. The number of nitro benzene ring substituents is 1. The van der Waals surface area contributed by atoms with Gasteiger partial charge in [0.25, 0.3) is 5.69 Å². The molecule has 0 aromatic heterocycles. The first-order valence-electron chi connectivity index (χ1n) is 4.78. The van der Waals surface area contributed by atoms with Crippen molar-refractivity contribution in [3.63, 3.8) is 0 Å². The summed E-state index contributed by atoms with van der Waals surface area (Å²) in [6.45, 7) is 0.487. The molecule has 1 atom stereocenters. The molecular formula is C10H8Br3NO3. The van der Waals surface area contributed by atoms with Gasteiger partial charge in [0.05, 0.1) is 9.25 Å². The zero-order valence-electron chi connectivity index (χ0n) is 8.53. The van der Waals surface area contributed by atoms with E-state index in [1.54, 1.807) is 12.1 Å². The summed E-state index contributed by atoms with van der Waals surface area (Å²) in [7, 11) is 0. The van der Waals surface area contributed by atoms with Gasteiger partial charge >= 0.3 is 0 Å². The lowest BCUT2D eigenvalue weighted by molar-refractivity contribution is -0.384. The molecule has 0 bridgehead atoms. The van der Waals surface area contributed by atoms with E-state index in [2.05, 4.69) is 47.8 Å². The molecule has 0 N–H and O–H groups in total. The quantitative estimate of drug-likeness (QED) is 0.413. The van der Waals surface area contributed by atoms with Crippen molar-refractivity contribution in [2.24, 2.45) is 0 Å². The van der Waals surface area contributed by atoms with Crippen molar-refractivity contribution in [2.45, 2.75) is 14.0 Å². The van der Waals surface area contributed by atoms with E-state index in [1.807, 2.05) is 0 Å². The van der Waals surface area contributed by atoms with E-state index in [9.17, 15) is 10.1 Å².